The molecule has 0 unspecified atom stereocenters. The summed E-state index contributed by atoms with van der Waals surface area (Å²) in [7, 11) is 4.06. The van der Waals surface area contributed by atoms with E-state index in [9.17, 15) is 0 Å². The van der Waals surface area contributed by atoms with Gasteiger partial charge >= 0.3 is 0 Å². The van der Waals surface area contributed by atoms with E-state index < -0.39 is 0 Å². The monoisotopic (exact) mass is 347 g/mol. The molecule has 5 heteroatoms. The Morgan fingerprint density at radius 3 is 2.42 bits per heavy atom. The Balaban J connectivity index is 1.51. The van der Waals surface area contributed by atoms with Crippen LogP contribution in [0.4, 0.5) is 23.1 Å². The molecule has 0 atom stereocenters. The average Bonchev–Trinajstić information content (AvgIpc) is 2.67. The number of aromatic nitrogens is 2. The van der Waals surface area contributed by atoms with E-state index in [1.807, 2.05) is 38.4 Å². The topological polar surface area (TPSA) is 53.1 Å². The van der Waals surface area contributed by atoms with Crippen molar-refractivity contribution < 1.29 is 0 Å². The van der Waals surface area contributed by atoms with Gasteiger partial charge in [0.1, 0.15) is 5.82 Å². The van der Waals surface area contributed by atoms with Crippen LogP contribution in [0.2, 0.25) is 0 Å². The molecule has 134 valence electrons. The van der Waals surface area contributed by atoms with Crippen LogP contribution >= 0.6 is 0 Å². The van der Waals surface area contributed by atoms with Crippen LogP contribution in [-0.4, -0.2) is 30.6 Å². The summed E-state index contributed by atoms with van der Waals surface area (Å²) >= 11 is 0. The molecule has 0 bridgehead atoms. The molecule has 0 amide bonds. The van der Waals surface area contributed by atoms with Crippen LogP contribution in [0.15, 0.2) is 66.9 Å². The van der Waals surface area contributed by atoms with Crippen LogP contribution < -0.4 is 15.5 Å². The van der Waals surface area contributed by atoms with Gasteiger partial charge in [-0.2, -0.15) is 4.98 Å². The highest BCUT2D eigenvalue weighted by molar-refractivity contribution is 5.60. The van der Waals surface area contributed by atoms with Crippen molar-refractivity contribution in [1.29, 1.82) is 0 Å². The zero-order valence-electron chi connectivity index (χ0n) is 15.3. The molecule has 3 rings (SSSR count). The van der Waals surface area contributed by atoms with E-state index in [-0.39, 0.29) is 0 Å². The van der Waals surface area contributed by atoms with Crippen LogP contribution in [0.25, 0.3) is 0 Å². The second-order valence-corrected chi connectivity index (χ2v) is 6.35. The minimum absolute atomic E-state index is 0.646. The van der Waals surface area contributed by atoms with Crippen molar-refractivity contribution in [2.45, 2.75) is 12.8 Å². The highest BCUT2D eigenvalue weighted by Crippen LogP contribution is 2.19. The summed E-state index contributed by atoms with van der Waals surface area (Å²) < 4.78 is 0. The van der Waals surface area contributed by atoms with Crippen LogP contribution in [0.5, 0.6) is 0 Å². The molecule has 2 N–H and O–H groups in total. The van der Waals surface area contributed by atoms with Crippen LogP contribution in [-0.2, 0) is 6.42 Å². The van der Waals surface area contributed by atoms with Gasteiger partial charge in [0.25, 0.3) is 0 Å². The van der Waals surface area contributed by atoms with Gasteiger partial charge in [0, 0.05) is 38.2 Å². The Bertz CT molecular complexity index is 800. The maximum Gasteiger partial charge on any atom is 0.224 e. The molecule has 0 aliphatic heterocycles. The highest BCUT2D eigenvalue weighted by Gasteiger charge is 2.01. The first-order valence-electron chi connectivity index (χ1n) is 8.86. The lowest BCUT2D eigenvalue weighted by atomic mass is 10.1. The Morgan fingerprint density at radius 2 is 1.69 bits per heavy atom. The standard InChI is InChI=1S/C21H25N5/c1-26(2)19-12-10-18(11-13-19)24-20-14-16-23-21(25-20)22-15-6-9-17-7-4-3-5-8-17/h3-5,7-8,10-14,16H,6,9,15H2,1-2H3,(H2,22,23,24,25). The van der Waals surface area contributed by atoms with E-state index in [2.05, 4.69) is 61.9 Å². The van der Waals surface area contributed by atoms with Crippen molar-refractivity contribution in [2.75, 3.05) is 36.2 Å². The second kappa shape index (κ2) is 8.85. The fourth-order valence-electron chi connectivity index (χ4n) is 2.64. The van der Waals surface area contributed by atoms with Gasteiger partial charge in [-0.25, -0.2) is 4.98 Å². The molecule has 1 heterocycles. The Hall–Kier alpha value is -3.08. The van der Waals surface area contributed by atoms with E-state index in [1.165, 1.54) is 11.3 Å². The molecule has 0 saturated carbocycles. The molecule has 1 aromatic heterocycles. The SMILES string of the molecule is CN(C)c1ccc(Nc2ccnc(NCCCc3ccccc3)n2)cc1. The van der Waals surface area contributed by atoms with E-state index in [1.54, 1.807) is 6.20 Å². The molecule has 5 nitrogen and oxygen atoms in total. The zero-order chi connectivity index (χ0) is 18.2. The van der Waals surface area contributed by atoms with Crippen molar-refractivity contribution in [3.8, 4) is 0 Å². The number of nitrogens with zero attached hydrogens (tertiary/aromatic N) is 3. The van der Waals surface area contributed by atoms with Gasteiger partial charge in [-0.3, -0.25) is 0 Å². The molecule has 0 radical (unpaired) electrons. The molecule has 0 aliphatic rings. The molecule has 0 fully saturated rings. The minimum Gasteiger partial charge on any atom is -0.378 e. The van der Waals surface area contributed by atoms with E-state index in [0.29, 0.717) is 5.95 Å². The molecule has 26 heavy (non-hydrogen) atoms. The number of hydrogen-bond donors (Lipinski definition) is 2. The molecule has 0 spiro atoms. The molecule has 0 saturated heterocycles. The molecule has 2 aromatic carbocycles. The fourth-order valence-corrected chi connectivity index (χ4v) is 2.64. The van der Waals surface area contributed by atoms with E-state index in [0.717, 1.165) is 30.9 Å². The maximum absolute atomic E-state index is 4.53. The number of benzene rings is 2. The molecular weight excluding hydrogens is 322 g/mol. The van der Waals surface area contributed by atoms with Gasteiger partial charge < -0.3 is 15.5 Å². The van der Waals surface area contributed by atoms with Crippen molar-refractivity contribution in [1.82, 2.24) is 9.97 Å². The maximum atomic E-state index is 4.53. The summed E-state index contributed by atoms with van der Waals surface area (Å²) in [5, 5.41) is 6.61. The predicted octanol–water partition coefficient (Wildman–Crippen LogP) is 4.33. The Morgan fingerprint density at radius 1 is 0.923 bits per heavy atom. The number of anilines is 4. The lowest BCUT2D eigenvalue weighted by Crippen LogP contribution is -2.08. The summed E-state index contributed by atoms with van der Waals surface area (Å²) in [6.45, 7) is 0.843. The number of aryl methyl sites for hydroxylation is 1. The van der Waals surface area contributed by atoms with Gasteiger partial charge in [0.2, 0.25) is 5.95 Å². The molecular formula is C21H25N5. The van der Waals surface area contributed by atoms with Gasteiger partial charge in [0.05, 0.1) is 0 Å². The predicted molar refractivity (Wildman–Crippen MR) is 109 cm³/mol. The number of rotatable bonds is 8. The largest absolute Gasteiger partial charge is 0.378 e. The summed E-state index contributed by atoms with van der Waals surface area (Å²) in [5.41, 5.74) is 3.52. The van der Waals surface area contributed by atoms with Crippen molar-refractivity contribution >= 4 is 23.1 Å². The zero-order valence-corrected chi connectivity index (χ0v) is 15.3. The first-order valence-corrected chi connectivity index (χ1v) is 8.86. The van der Waals surface area contributed by atoms with Crippen molar-refractivity contribution in [3.63, 3.8) is 0 Å². The fraction of sp³-hybridized carbons (Fsp3) is 0.238. The smallest absolute Gasteiger partial charge is 0.224 e. The molecule has 3 aromatic rings. The molecule has 0 aliphatic carbocycles. The summed E-state index contributed by atoms with van der Waals surface area (Å²) in [4.78, 5) is 10.9. The first kappa shape index (κ1) is 17.7. The minimum atomic E-state index is 0.646. The first-order chi connectivity index (χ1) is 12.7. The Kier molecular flexibility index (Phi) is 6.04. The van der Waals surface area contributed by atoms with Crippen LogP contribution in [0, 0.1) is 0 Å². The van der Waals surface area contributed by atoms with E-state index >= 15 is 0 Å². The average molecular weight is 347 g/mol. The van der Waals surface area contributed by atoms with Crippen molar-refractivity contribution in [3.05, 3.63) is 72.4 Å². The number of nitrogens with one attached hydrogen (secondary N) is 2. The van der Waals surface area contributed by atoms with Gasteiger partial charge in [-0.15, -0.1) is 0 Å². The van der Waals surface area contributed by atoms with E-state index in [4.69, 9.17) is 0 Å². The van der Waals surface area contributed by atoms with Gasteiger partial charge in [-0.1, -0.05) is 30.3 Å². The summed E-state index contributed by atoms with van der Waals surface area (Å²) in [6.07, 6.45) is 3.85. The lowest BCUT2D eigenvalue weighted by molar-refractivity contribution is 0.853. The highest BCUT2D eigenvalue weighted by atomic mass is 15.1. The van der Waals surface area contributed by atoms with Gasteiger partial charge in [-0.05, 0) is 48.7 Å². The number of hydrogen-bond acceptors (Lipinski definition) is 5. The third-order valence-corrected chi connectivity index (χ3v) is 4.08. The second-order valence-electron chi connectivity index (χ2n) is 6.35. The van der Waals surface area contributed by atoms with Crippen LogP contribution in [0.1, 0.15) is 12.0 Å². The summed E-state index contributed by atoms with van der Waals surface area (Å²) in [6, 6.07) is 20.6. The normalized spacial score (nSPS) is 10.4. The van der Waals surface area contributed by atoms with Crippen LogP contribution in [0.3, 0.4) is 0 Å². The van der Waals surface area contributed by atoms with Crippen molar-refractivity contribution in [2.24, 2.45) is 0 Å². The Labute approximate surface area is 155 Å². The third kappa shape index (κ3) is 5.21. The lowest BCUT2D eigenvalue weighted by Gasteiger charge is -2.13. The third-order valence-electron chi connectivity index (χ3n) is 4.08. The quantitative estimate of drug-likeness (QED) is 0.594. The summed E-state index contributed by atoms with van der Waals surface area (Å²) in [5.74, 6) is 1.43. The van der Waals surface area contributed by atoms with Gasteiger partial charge in [0.15, 0.2) is 0 Å².